The lowest BCUT2D eigenvalue weighted by Gasteiger charge is -2.28. The number of amides is 1. The van der Waals surface area contributed by atoms with Gasteiger partial charge in [0.05, 0.1) is 0 Å². The second-order valence-electron chi connectivity index (χ2n) is 5.50. The first-order chi connectivity index (χ1) is 9.61. The van der Waals surface area contributed by atoms with E-state index in [1.807, 2.05) is 19.1 Å². The minimum atomic E-state index is -0.153. The third-order valence-electron chi connectivity index (χ3n) is 3.70. The molecule has 1 fully saturated rings. The number of carbonyl (C=O) groups is 1. The molecule has 1 amide bonds. The summed E-state index contributed by atoms with van der Waals surface area (Å²) in [5, 5.41) is 6.41. The zero-order valence-corrected chi connectivity index (χ0v) is 11.8. The quantitative estimate of drug-likeness (QED) is 0.878. The van der Waals surface area contributed by atoms with Crippen LogP contribution in [0.3, 0.4) is 0 Å². The summed E-state index contributed by atoms with van der Waals surface area (Å²) < 4.78 is 5.56. The molecule has 2 aromatic rings. The molecule has 1 aliphatic rings. The van der Waals surface area contributed by atoms with Gasteiger partial charge in [-0.05, 0) is 45.4 Å². The second-order valence-corrected chi connectivity index (χ2v) is 5.50. The lowest BCUT2D eigenvalue weighted by Crippen LogP contribution is -2.46. The fourth-order valence-electron chi connectivity index (χ4n) is 2.66. The van der Waals surface area contributed by atoms with Crippen molar-refractivity contribution in [3.63, 3.8) is 0 Å². The van der Waals surface area contributed by atoms with Gasteiger partial charge in [0.1, 0.15) is 5.52 Å². The number of aryl methyl sites for hydroxylation is 1. The van der Waals surface area contributed by atoms with E-state index in [4.69, 9.17) is 4.42 Å². The first-order valence-corrected chi connectivity index (χ1v) is 7.03. The molecule has 0 aliphatic carbocycles. The summed E-state index contributed by atoms with van der Waals surface area (Å²) in [5.41, 5.74) is 2.30. The lowest BCUT2D eigenvalue weighted by atomic mass is 10.0. The first kappa shape index (κ1) is 13.1. The van der Waals surface area contributed by atoms with Crippen molar-refractivity contribution in [1.82, 2.24) is 15.6 Å². The maximum atomic E-state index is 12.2. The Labute approximate surface area is 117 Å². The molecule has 1 saturated heterocycles. The Morgan fingerprint density at radius 2 is 2.35 bits per heavy atom. The van der Waals surface area contributed by atoms with Gasteiger partial charge in [0, 0.05) is 23.8 Å². The molecule has 5 heteroatoms. The molecule has 2 N–H and O–H groups in total. The Balaban J connectivity index is 1.75. The molecule has 3 rings (SSSR count). The van der Waals surface area contributed by atoms with Crippen molar-refractivity contribution in [1.29, 1.82) is 0 Å². The number of pyridine rings is 1. The molecule has 2 aromatic heterocycles. The Kier molecular flexibility index (Phi) is 3.44. The number of rotatable bonds is 2. The number of furan rings is 1. The number of piperidine rings is 1. The van der Waals surface area contributed by atoms with Gasteiger partial charge >= 0.3 is 0 Å². The third-order valence-corrected chi connectivity index (χ3v) is 3.70. The minimum Gasteiger partial charge on any atom is -0.449 e. The van der Waals surface area contributed by atoms with Crippen molar-refractivity contribution >= 4 is 17.0 Å². The van der Waals surface area contributed by atoms with E-state index in [1.165, 1.54) is 0 Å². The van der Waals surface area contributed by atoms with Crippen molar-refractivity contribution in [2.24, 2.45) is 0 Å². The Hall–Kier alpha value is -1.88. The maximum Gasteiger partial charge on any atom is 0.287 e. The van der Waals surface area contributed by atoms with Gasteiger partial charge in [-0.25, -0.2) is 4.98 Å². The van der Waals surface area contributed by atoms with E-state index in [2.05, 4.69) is 22.5 Å². The van der Waals surface area contributed by atoms with E-state index >= 15 is 0 Å². The number of hydrogen-bond donors (Lipinski definition) is 2. The highest BCUT2D eigenvalue weighted by atomic mass is 16.3. The summed E-state index contributed by atoms with van der Waals surface area (Å²) in [6.45, 7) is 4.99. The molecule has 0 radical (unpaired) electrons. The molecule has 0 spiro atoms. The highest BCUT2D eigenvalue weighted by Crippen LogP contribution is 2.18. The number of hydrogen-bond acceptors (Lipinski definition) is 4. The van der Waals surface area contributed by atoms with Gasteiger partial charge in [-0.2, -0.15) is 0 Å². The van der Waals surface area contributed by atoms with Crippen LogP contribution >= 0.6 is 0 Å². The molecule has 2 atom stereocenters. The normalized spacial score (nSPS) is 22.9. The Morgan fingerprint density at radius 1 is 1.50 bits per heavy atom. The molecular formula is C15H19N3O2. The molecule has 0 aromatic carbocycles. The van der Waals surface area contributed by atoms with Crippen molar-refractivity contribution in [3.8, 4) is 0 Å². The summed E-state index contributed by atoms with van der Waals surface area (Å²) in [4.78, 5) is 16.6. The summed E-state index contributed by atoms with van der Waals surface area (Å²) in [5.74, 6) is 0.184. The first-order valence-electron chi connectivity index (χ1n) is 7.03. The largest absolute Gasteiger partial charge is 0.449 e. The molecule has 2 unspecified atom stereocenters. The standard InChI is InChI=1S/C15H19N3O2/c1-9-3-4-13-12(17-9)8-14(20-13)15(19)18-11-5-6-16-10(2)7-11/h3-4,8,10-11,16H,5-7H2,1-2H3,(H,18,19). The van der Waals surface area contributed by atoms with Crippen LogP contribution in [-0.2, 0) is 0 Å². The fourth-order valence-corrected chi connectivity index (χ4v) is 2.66. The van der Waals surface area contributed by atoms with E-state index in [-0.39, 0.29) is 11.9 Å². The van der Waals surface area contributed by atoms with Crippen LogP contribution in [0.5, 0.6) is 0 Å². The van der Waals surface area contributed by atoms with Crippen molar-refractivity contribution in [2.75, 3.05) is 6.54 Å². The van der Waals surface area contributed by atoms with Gasteiger partial charge in [0.2, 0.25) is 0 Å². The van der Waals surface area contributed by atoms with Crippen molar-refractivity contribution in [2.45, 2.75) is 38.8 Å². The van der Waals surface area contributed by atoms with Gasteiger partial charge in [0.25, 0.3) is 5.91 Å². The van der Waals surface area contributed by atoms with Gasteiger partial charge in [-0.15, -0.1) is 0 Å². The minimum absolute atomic E-state index is 0.153. The number of aromatic nitrogens is 1. The molecule has 20 heavy (non-hydrogen) atoms. The number of fused-ring (bicyclic) bond motifs is 1. The predicted molar refractivity (Wildman–Crippen MR) is 76.7 cm³/mol. The fraction of sp³-hybridized carbons (Fsp3) is 0.467. The Morgan fingerprint density at radius 3 is 3.15 bits per heavy atom. The van der Waals surface area contributed by atoms with Gasteiger partial charge in [-0.3, -0.25) is 4.79 Å². The summed E-state index contributed by atoms with van der Waals surface area (Å²) in [6, 6.07) is 6.08. The van der Waals surface area contributed by atoms with Crippen LogP contribution in [0.15, 0.2) is 22.6 Å². The molecule has 5 nitrogen and oxygen atoms in total. The van der Waals surface area contributed by atoms with E-state index in [0.29, 0.717) is 17.4 Å². The highest BCUT2D eigenvalue weighted by molar-refractivity contribution is 5.95. The van der Waals surface area contributed by atoms with E-state index in [0.717, 1.165) is 30.6 Å². The molecule has 0 saturated carbocycles. The van der Waals surface area contributed by atoms with Crippen LogP contribution in [-0.4, -0.2) is 29.5 Å². The molecule has 106 valence electrons. The van der Waals surface area contributed by atoms with E-state index in [1.54, 1.807) is 6.07 Å². The summed E-state index contributed by atoms with van der Waals surface area (Å²) in [6.07, 6.45) is 1.90. The van der Waals surface area contributed by atoms with Crippen LogP contribution in [0.2, 0.25) is 0 Å². The molecule has 1 aliphatic heterocycles. The van der Waals surface area contributed by atoms with E-state index < -0.39 is 0 Å². The van der Waals surface area contributed by atoms with Crippen LogP contribution < -0.4 is 10.6 Å². The average molecular weight is 273 g/mol. The summed E-state index contributed by atoms with van der Waals surface area (Å²) in [7, 11) is 0. The average Bonchev–Trinajstić information content (AvgIpc) is 2.81. The van der Waals surface area contributed by atoms with Crippen molar-refractivity contribution in [3.05, 3.63) is 29.7 Å². The smallest absolute Gasteiger partial charge is 0.287 e. The van der Waals surface area contributed by atoms with Crippen LogP contribution in [0.4, 0.5) is 0 Å². The van der Waals surface area contributed by atoms with Gasteiger partial charge < -0.3 is 15.1 Å². The molecular weight excluding hydrogens is 254 g/mol. The van der Waals surface area contributed by atoms with E-state index in [9.17, 15) is 4.79 Å². The molecule has 3 heterocycles. The van der Waals surface area contributed by atoms with Gasteiger partial charge in [0.15, 0.2) is 11.3 Å². The third kappa shape index (κ3) is 2.67. The zero-order chi connectivity index (χ0) is 14.1. The summed E-state index contributed by atoms with van der Waals surface area (Å²) >= 11 is 0. The number of nitrogens with one attached hydrogen (secondary N) is 2. The molecule has 0 bridgehead atoms. The monoisotopic (exact) mass is 273 g/mol. The highest BCUT2D eigenvalue weighted by Gasteiger charge is 2.22. The SMILES string of the molecule is Cc1ccc2oc(C(=O)NC3CCNC(C)C3)cc2n1. The zero-order valence-electron chi connectivity index (χ0n) is 11.8. The number of nitrogens with zero attached hydrogens (tertiary/aromatic N) is 1. The second kappa shape index (κ2) is 5.25. The van der Waals surface area contributed by atoms with Crippen LogP contribution in [0.25, 0.3) is 11.1 Å². The van der Waals surface area contributed by atoms with Crippen LogP contribution in [0.1, 0.15) is 36.0 Å². The van der Waals surface area contributed by atoms with Gasteiger partial charge in [-0.1, -0.05) is 0 Å². The van der Waals surface area contributed by atoms with Crippen molar-refractivity contribution < 1.29 is 9.21 Å². The topological polar surface area (TPSA) is 67.2 Å². The Bertz CT molecular complexity index is 635. The predicted octanol–water partition coefficient (Wildman–Crippen LogP) is 2.01. The number of carbonyl (C=O) groups excluding carboxylic acids is 1. The van der Waals surface area contributed by atoms with Crippen LogP contribution in [0, 0.1) is 6.92 Å². The lowest BCUT2D eigenvalue weighted by molar-refractivity contribution is 0.0899. The maximum absolute atomic E-state index is 12.2.